The van der Waals surface area contributed by atoms with Crippen LogP contribution in [-0.2, 0) is 17.8 Å². The van der Waals surface area contributed by atoms with Crippen LogP contribution in [0.3, 0.4) is 0 Å². The molecule has 7 heteroatoms. The van der Waals surface area contributed by atoms with Crippen LogP contribution in [0.4, 0.5) is 0 Å². The van der Waals surface area contributed by atoms with E-state index in [1.807, 2.05) is 32.1 Å². The van der Waals surface area contributed by atoms with Crippen LogP contribution in [-0.4, -0.2) is 79.2 Å². The number of hydrogen-bond acceptors (Lipinski definition) is 7. The third kappa shape index (κ3) is 4.05. The normalized spacial score (nSPS) is 26.7. The highest BCUT2D eigenvalue weighted by Gasteiger charge is 2.40. The molecule has 2 atom stereocenters. The number of nitrogens with one attached hydrogen (secondary N) is 1. The Morgan fingerprint density at radius 1 is 1.55 bits per heavy atom. The van der Waals surface area contributed by atoms with Gasteiger partial charge in [-0.2, -0.15) is 0 Å². The molecule has 1 aromatic heterocycles. The van der Waals surface area contributed by atoms with Crippen LogP contribution in [0.2, 0.25) is 0 Å². The van der Waals surface area contributed by atoms with Gasteiger partial charge in [-0.15, -0.1) is 0 Å². The number of aliphatic hydroxyl groups is 1. The van der Waals surface area contributed by atoms with Gasteiger partial charge in [0.1, 0.15) is 0 Å². The SMILES string of the molecule is C[C@@H]1COC[C@@](CO)(CNCc2cc(CN(C)C)on2)N1C. The van der Waals surface area contributed by atoms with Gasteiger partial charge in [-0.1, -0.05) is 5.16 Å². The molecule has 0 aromatic carbocycles. The van der Waals surface area contributed by atoms with Crippen molar-refractivity contribution in [2.24, 2.45) is 0 Å². The van der Waals surface area contributed by atoms with E-state index in [-0.39, 0.29) is 12.1 Å². The number of rotatable bonds is 7. The zero-order valence-corrected chi connectivity index (χ0v) is 14.0. The molecule has 126 valence electrons. The Morgan fingerprint density at radius 3 is 3.00 bits per heavy atom. The number of nitrogens with zero attached hydrogens (tertiary/aromatic N) is 3. The molecule has 0 radical (unpaired) electrons. The number of ether oxygens (including phenoxy) is 1. The Kier molecular flexibility index (Phi) is 5.94. The molecule has 2 N–H and O–H groups in total. The molecule has 1 saturated heterocycles. The third-order valence-corrected chi connectivity index (χ3v) is 4.27. The monoisotopic (exact) mass is 312 g/mol. The van der Waals surface area contributed by atoms with E-state index in [1.54, 1.807) is 0 Å². The van der Waals surface area contributed by atoms with Crippen LogP contribution in [0.25, 0.3) is 0 Å². The van der Waals surface area contributed by atoms with Crippen molar-refractivity contribution < 1.29 is 14.4 Å². The van der Waals surface area contributed by atoms with E-state index in [1.165, 1.54) is 0 Å². The molecule has 0 bridgehead atoms. The second-order valence-corrected chi connectivity index (χ2v) is 6.48. The highest BCUT2D eigenvalue weighted by atomic mass is 16.5. The molecule has 1 fully saturated rings. The topological polar surface area (TPSA) is 74.0 Å². The van der Waals surface area contributed by atoms with E-state index in [4.69, 9.17) is 9.26 Å². The standard InChI is InChI=1S/C15H28N4O3/c1-12-8-21-11-15(10-20,19(12)4)9-16-6-13-5-14(22-17-13)7-18(2)3/h5,12,16,20H,6-11H2,1-4H3/t12-,15+/m1/s1. The van der Waals surface area contributed by atoms with Crippen molar-refractivity contribution in [2.45, 2.75) is 31.6 Å². The van der Waals surface area contributed by atoms with Crippen LogP contribution in [0.1, 0.15) is 18.4 Å². The van der Waals surface area contributed by atoms with Crippen molar-refractivity contribution in [1.29, 1.82) is 0 Å². The quantitative estimate of drug-likeness (QED) is 0.729. The smallest absolute Gasteiger partial charge is 0.150 e. The molecule has 1 aliphatic heterocycles. The zero-order valence-electron chi connectivity index (χ0n) is 14.0. The van der Waals surface area contributed by atoms with Gasteiger partial charge in [-0.25, -0.2) is 0 Å². The van der Waals surface area contributed by atoms with Gasteiger partial charge >= 0.3 is 0 Å². The van der Waals surface area contributed by atoms with Gasteiger partial charge in [-0.3, -0.25) is 4.90 Å². The minimum atomic E-state index is -0.381. The predicted molar refractivity (Wildman–Crippen MR) is 83.5 cm³/mol. The predicted octanol–water partition coefficient (Wildman–Crippen LogP) is -0.0926. The summed E-state index contributed by atoms with van der Waals surface area (Å²) < 4.78 is 10.9. The van der Waals surface area contributed by atoms with Crippen LogP contribution in [0.5, 0.6) is 0 Å². The lowest BCUT2D eigenvalue weighted by Gasteiger charge is -2.47. The highest BCUT2D eigenvalue weighted by molar-refractivity contribution is 5.05. The van der Waals surface area contributed by atoms with Crippen LogP contribution >= 0.6 is 0 Å². The van der Waals surface area contributed by atoms with Crippen molar-refractivity contribution in [3.8, 4) is 0 Å². The van der Waals surface area contributed by atoms with Crippen molar-refractivity contribution in [1.82, 2.24) is 20.3 Å². The summed E-state index contributed by atoms with van der Waals surface area (Å²) in [5.74, 6) is 0.852. The molecule has 0 amide bonds. The Bertz CT molecular complexity index is 465. The summed E-state index contributed by atoms with van der Waals surface area (Å²) in [6, 6.07) is 2.25. The minimum Gasteiger partial charge on any atom is -0.394 e. The molecule has 2 heterocycles. The number of aromatic nitrogens is 1. The number of hydrogen-bond donors (Lipinski definition) is 2. The van der Waals surface area contributed by atoms with Gasteiger partial charge in [0.2, 0.25) is 0 Å². The Hall–Kier alpha value is -0.990. The van der Waals surface area contributed by atoms with Gasteiger partial charge in [-0.05, 0) is 28.1 Å². The molecule has 0 spiro atoms. The summed E-state index contributed by atoms with van der Waals surface area (Å²) in [7, 11) is 6.02. The van der Waals surface area contributed by atoms with Crippen molar-refractivity contribution >= 4 is 0 Å². The summed E-state index contributed by atoms with van der Waals surface area (Å²) in [4.78, 5) is 4.23. The Balaban J connectivity index is 1.87. The lowest BCUT2D eigenvalue weighted by molar-refractivity contribution is -0.106. The first-order valence-electron chi connectivity index (χ1n) is 7.68. The fraction of sp³-hybridized carbons (Fsp3) is 0.800. The minimum absolute atomic E-state index is 0.0610. The summed E-state index contributed by atoms with van der Waals surface area (Å²) in [5.41, 5.74) is 0.491. The van der Waals surface area contributed by atoms with E-state index >= 15 is 0 Å². The third-order valence-electron chi connectivity index (χ3n) is 4.27. The average molecular weight is 312 g/mol. The van der Waals surface area contributed by atoms with E-state index in [2.05, 4.69) is 22.3 Å². The van der Waals surface area contributed by atoms with Crippen LogP contribution < -0.4 is 5.32 Å². The largest absolute Gasteiger partial charge is 0.394 e. The maximum atomic E-state index is 9.83. The summed E-state index contributed by atoms with van der Waals surface area (Å²) in [5, 5.41) is 17.3. The number of likely N-dealkylation sites (N-methyl/N-ethyl adjacent to an activating group) is 1. The number of aliphatic hydroxyl groups excluding tert-OH is 1. The van der Waals surface area contributed by atoms with E-state index < -0.39 is 0 Å². The van der Waals surface area contributed by atoms with Crippen molar-refractivity contribution in [2.75, 3.05) is 47.5 Å². The Morgan fingerprint density at radius 2 is 2.32 bits per heavy atom. The second-order valence-electron chi connectivity index (χ2n) is 6.48. The average Bonchev–Trinajstić information content (AvgIpc) is 2.90. The van der Waals surface area contributed by atoms with Crippen molar-refractivity contribution in [3.05, 3.63) is 17.5 Å². The first-order valence-corrected chi connectivity index (χ1v) is 7.68. The van der Waals surface area contributed by atoms with Gasteiger partial charge < -0.3 is 24.6 Å². The van der Waals surface area contributed by atoms with Crippen LogP contribution in [0.15, 0.2) is 10.6 Å². The summed E-state index contributed by atoms with van der Waals surface area (Å²) in [6.07, 6.45) is 0. The molecule has 0 aliphatic carbocycles. The number of morpholine rings is 1. The fourth-order valence-corrected chi connectivity index (χ4v) is 2.74. The molecular weight excluding hydrogens is 284 g/mol. The van der Waals surface area contributed by atoms with Gasteiger partial charge in [0.15, 0.2) is 5.76 Å². The summed E-state index contributed by atoms with van der Waals surface area (Å²) in [6.45, 7) is 5.39. The fourth-order valence-electron chi connectivity index (χ4n) is 2.74. The first-order chi connectivity index (χ1) is 10.5. The zero-order chi connectivity index (χ0) is 16.2. The molecule has 22 heavy (non-hydrogen) atoms. The van der Waals surface area contributed by atoms with E-state index in [0.717, 1.165) is 18.0 Å². The Labute approximate surface area is 132 Å². The second kappa shape index (κ2) is 7.52. The molecule has 2 rings (SSSR count). The maximum Gasteiger partial charge on any atom is 0.150 e. The van der Waals surface area contributed by atoms with E-state index in [0.29, 0.717) is 32.3 Å². The van der Waals surface area contributed by atoms with E-state index in [9.17, 15) is 5.11 Å². The molecule has 0 saturated carbocycles. The first kappa shape index (κ1) is 17.4. The van der Waals surface area contributed by atoms with Gasteiger partial charge in [0, 0.05) is 25.2 Å². The summed E-state index contributed by atoms with van der Waals surface area (Å²) >= 11 is 0. The molecule has 1 aliphatic rings. The highest BCUT2D eigenvalue weighted by Crippen LogP contribution is 2.21. The lowest BCUT2D eigenvalue weighted by atomic mass is 9.96. The van der Waals surface area contributed by atoms with Gasteiger partial charge in [0.25, 0.3) is 0 Å². The maximum absolute atomic E-state index is 9.83. The molecule has 0 unspecified atom stereocenters. The molecular formula is C15H28N4O3. The van der Waals surface area contributed by atoms with Crippen molar-refractivity contribution in [3.63, 3.8) is 0 Å². The lowest BCUT2D eigenvalue weighted by Crippen LogP contribution is -2.65. The van der Waals surface area contributed by atoms with Gasteiger partial charge in [0.05, 0.1) is 37.6 Å². The molecule has 1 aromatic rings. The van der Waals surface area contributed by atoms with Crippen LogP contribution in [0, 0.1) is 0 Å². The molecule has 7 nitrogen and oxygen atoms in total.